The summed E-state index contributed by atoms with van der Waals surface area (Å²) in [5, 5.41) is 4.27. The number of likely N-dealkylation sites (tertiary alicyclic amines) is 1. The van der Waals surface area contributed by atoms with E-state index >= 15 is 0 Å². The Balaban J connectivity index is 1.41. The molecule has 6 heteroatoms. The first kappa shape index (κ1) is 16.3. The van der Waals surface area contributed by atoms with Gasteiger partial charge in [-0.1, -0.05) is 0 Å². The van der Waals surface area contributed by atoms with Crippen molar-refractivity contribution in [2.75, 3.05) is 33.4 Å². The normalized spacial score (nSPS) is 20.0. The molecule has 0 amide bonds. The van der Waals surface area contributed by atoms with E-state index in [-0.39, 0.29) is 0 Å². The van der Waals surface area contributed by atoms with Crippen molar-refractivity contribution in [2.45, 2.75) is 19.4 Å². The van der Waals surface area contributed by atoms with Gasteiger partial charge in [0.05, 0.1) is 13.3 Å². The summed E-state index contributed by atoms with van der Waals surface area (Å²) in [6, 6.07) is 4.16. The van der Waals surface area contributed by atoms with Gasteiger partial charge in [-0.3, -0.25) is 9.58 Å². The van der Waals surface area contributed by atoms with Gasteiger partial charge in [-0.05, 0) is 48.6 Å². The van der Waals surface area contributed by atoms with E-state index < -0.39 is 0 Å². The Labute approximate surface area is 148 Å². The number of aryl methyl sites for hydroxylation is 1. The fraction of sp³-hybridized carbons (Fsp3) is 0.526. The third kappa shape index (κ3) is 3.58. The second-order valence-electron chi connectivity index (χ2n) is 6.94. The van der Waals surface area contributed by atoms with Crippen LogP contribution in [0.4, 0.5) is 0 Å². The average Bonchev–Trinajstić information content (AvgIpc) is 3.23. The van der Waals surface area contributed by atoms with Crippen molar-refractivity contribution >= 4 is 0 Å². The second kappa shape index (κ2) is 6.96. The zero-order valence-corrected chi connectivity index (χ0v) is 14.9. The van der Waals surface area contributed by atoms with Crippen LogP contribution in [0.2, 0.25) is 0 Å². The number of methoxy groups -OCH3 is 1. The molecule has 0 N–H and O–H groups in total. The Hall–Kier alpha value is -2.21. The average molecular weight is 343 g/mol. The van der Waals surface area contributed by atoms with Crippen molar-refractivity contribution in [3.8, 4) is 17.2 Å². The number of nitrogens with zero attached hydrogens (tertiary/aromatic N) is 3. The van der Waals surface area contributed by atoms with Crippen LogP contribution >= 0.6 is 0 Å². The molecule has 2 aliphatic rings. The molecular formula is C19H25N3O3. The predicted molar refractivity (Wildman–Crippen MR) is 94.3 cm³/mol. The first-order valence-electron chi connectivity index (χ1n) is 8.87. The van der Waals surface area contributed by atoms with Gasteiger partial charge in [-0.25, -0.2) is 0 Å². The van der Waals surface area contributed by atoms with Gasteiger partial charge in [0.1, 0.15) is 13.2 Å². The van der Waals surface area contributed by atoms with Crippen LogP contribution in [0.1, 0.15) is 17.5 Å². The van der Waals surface area contributed by atoms with Crippen LogP contribution in [0.15, 0.2) is 24.5 Å². The summed E-state index contributed by atoms with van der Waals surface area (Å²) in [5.74, 6) is 2.99. The molecule has 1 unspecified atom stereocenters. The number of benzene rings is 1. The van der Waals surface area contributed by atoms with E-state index in [0.29, 0.717) is 19.1 Å². The molecular weight excluding hydrogens is 318 g/mol. The van der Waals surface area contributed by atoms with Crippen LogP contribution in [-0.4, -0.2) is 48.1 Å². The molecule has 4 rings (SSSR count). The van der Waals surface area contributed by atoms with E-state index in [9.17, 15) is 0 Å². The Kier molecular flexibility index (Phi) is 4.53. The van der Waals surface area contributed by atoms with Gasteiger partial charge in [0, 0.05) is 26.3 Å². The van der Waals surface area contributed by atoms with E-state index in [4.69, 9.17) is 14.2 Å². The number of fused-ring (bicyclic) bond motifs is 1. The zero-order valence-electron chi connectivity index (χ0n) is 14.9. The summed E-state index contributed by atoms with van der Waals surface area (Å²) in [6.45, 7) is 4.32. The summed E-state index contributed by atoms with van der Waals surface area (Å²) < 4.78 is 18.8. The van der Waals surface area contributed by atoms with E-state index in [1.807, 2.05) is 17.9 Å². The van der Waals surface area contributed by atoms with Crippen molar-refractivity contribution < 1.29 is 14.2 Å². The molecule has 3 heterocycles. The smallest absolute Gasteiger partial charge is 0.203 e. The lowest BCUT2D eigenvalue weighted by molar-refractivity contribution is 0.164. The molecule has 0 aliphatic carbocycles. The number of aromatic nitrogens is 2. The highest BCUT2D eigenvalue weighted by molar-refractivity contribution is 5.54. The molecule has 1 aromatic carbocycles. The minimum absolute atomic E-state index is 0.574. The highest BCUT2D eigenvalue weighted by atomic mass is 16.6. The fourth-order valence-corrected chi connectivity index (χ4v) is 3.81. The van der Waals surface area contributed by atoms with Crippen LogP contribution in [0.25, 0.3) is 0 Å². The predicted octanol–water partition coefficient (Wildman–Crippen LogP) is 2.26. The van der Waals surface area contributed by atoms with Crippen molar-refractivity contribution in [1.82, 2.24) is 14.7 Å². The molecule has 1 aromatic heterocycles. The standard InChI is InChI=1S/C19H25N3O3/c1-21-11-16(10-20-21)7-14-3-4-22(12-14)13-15-8-17(23-2)19-18(9-15)24-5-6-25-19/h8-11,14H,3-7,12-13H2,1-2H3. The second-order valence-corrected chi connectivity index (χ2v) is 6.94. The van der Waals surface area contributed by atoms with Crippen molar-refractivity contribution in [3.05, 3.63) is 35.7 Å². The molecule has 2 aliphatic heterocycles. The first-order chi connectivity index (χ1) is 12.2. The minimum Gasteiger partial charge on any atom is -0.493 e. The van der Waals surface area contributed by atoms with Crippen LogP contribution in [-0.2, 0) is 20.0 Å². The lowest BCUT2D eigenvalue weighted by Gasteiger charge is -2.23. The van der Waals surface area contributed by atoms with Crippen molar-refractivity contribution in [1.29, 1.82) is 0 Å². The van der Waals surface area contributed by atoms with Gasteiger partial charge in [0.25, 0.3) is 0 Å². The lowest BCUT2D eigenvalue weighted by atomic mass is 10.0. The molecule has 1 fully saturated rings. The largest absolute Gasteiger partial charge is 0.493 e. The summed E-state index contributed by atoms with van der Waals surface area (Å²) in [4.78, 5) is 2.51. The highest BCUT2D eigenvalue weighted by Gasteiger charge is 2.25. The van der Waals surface area contributed by atoms with Crippen LogP contribution in [0.3, 0.4) is 0 Å². The molecule has 0 spiro atoms. The monoisotopic (exact) mass is 343 g/mol. The minimum atomic E-state index is 0.574. The Bertz CT molecular complexity index is 726. The van der Waals surface area contributed by atoms with Crippen molar-refractivity contribution in [3.63, 3.8) is 0 Å². The topological polar surface area (TPSA) is 48.8 Å². The van der Waals surface area contributed by atoms with Crippen molar-refractivity contribution in [2.24, 2.45) is 13.0 Å². The van der Waals surface area contributed by atoms with E-state index in [1.54, 1.807) is 7.11 Å². The molecule has 1 saturated heterocycles. The maximum Gasteiger partial charge on any atom is 0.203 e. The molecule has 2 aromatic rings. The number of hydrogen-bond donors (Lipinski definition) is 0. The van der Waals surface area contributed by atoms with Gasteiger partial charge < -0.3 is 14.2 Å². The number of rotatable bonds is 5. The third-order valence-electron chi connectivity index (χ3n) is 4.95. The van der Waals surface area contributed by atoms with E-state index in [2.05, 4.69) is 28.3 Å². The number of ether oxygens (including phenoxy) is 3. The van der Waals surface area contributed by atoms with Gasteiger partial charge in [0.2, 0.25) is 5.75 Å². The first-order valence-corrected chi connectivity index (χ1v) is 8.87. The zero-order chi connectivity index (χ0) is 17.2. The molecule has 0 radical (unpaired) electrons. The lowest BCUT2D eigenvalue weighted by Crippen LogP contribution is -2.21. The number of hydrogen-bond acceptors (Lipinski definition) is 5. The maximum absolute atomic E-state index is 5.74. The van der Waals surface area contributed by atoms with Crippen LogP contribution in [0, 0.1) is 5.92 Å². The summed E-state index contributed by atoms with van der Waals surface area (Å²) in [7, 11) is 3.65. The SMILES string of the molecule is COc1cc(CN2CCC(Cc3cnn(C)c3)C2)cc2c1OCCO2. The quantitative estimate of drug-likeness (QED) is 0.833. The van der Waals surface area contributed by atoms with Gasteiger partial charge in [-0.2, -0.15) is 5.10 Å². The third-order valence-corrected chi connectivity index (χ3v) is 4.95. The Morgan fingerprint density at radius 1 is 1.24 bits per heavy atom. The summed E-state index contributed by atoms with van der Waals surface area (Å²) >= 11 is 0. The highest BCUT2D eigenvalue weighted by Crippen LogP contribution is 2.40. The summed E-state index contributed by atoms with van der Waals surface area (Å²) in [6.07, 6.45) is 6.44. The maximum atomic E-state index is 5.74. The van der Waals surface area contributed by atoms with Gasteiger partial charge in [0.15, 0.2) is 11.5 Å². The molecule has 0 bridgehead atoms. The van der Waals surface area contributed by atoms with Crippen LogP contribution < -0.4 is 14.2 Å². The van der Waals surface area contributed by atoms with Crippen LogP contribution in [0.5, 0.6) is 17.2 Å². The van der Waals surface area contributed by atoms with E-state index in [0.717, 1.165) is 43.3 Å². The Morgan fingerprint density at radius 3 is 2.92 bits per heavy atom. The molecule has 0 saturated carbocycles. The van der Waals surface area contributed by atoms with Gasteiger partial charge >= 0.3 is 0 Å². The Morgan fingerprint density at radius 2 is 2.12 bits per heavy atom. The molecule has 1 atom stereocenters. The molecule has 6 nitrogen and oxygen atoms in total. The summed E-state index contributed by atoms with van der Waals surface area (Å²) in [5.41, 5.74) is 2.54. The molecule has 134 valence electrons. The van der Waals surface area contributed by atoms with Gasteiger partial charge in [-0.15, -0.1) is 0 Å². The van der Waals surface area contributed by atoms with E-state index in [1.165, 1.54) is 17.5 Å². The molecule has 25 heavy (non-hydrogen) atoms. The fourth-order valence-electron chi connectivity index (χ4n) is 3.81.